The smallest absolute Gasteiger partial charge is 0.286 e. The van der Waals surface area contributed by atoms with Crippen LogP contribution in [0.5, 0.6) is 11.5 Å². The Morgan fingerprint density at radius 1 is 0.943 bits per heavy atom. The highest BCUT2D eigenvalue weighted by atomic mass is 16.6. The summed E-state index contributed by atoms with van der Waals surface area (Å²) in [7, 11) is 2.81. The molecule has 1 aliphatic rings. The lowest BCUT2D eigenvalue weighted by molar-refractivity contribution is -0.385. The van der Waals surface area contributed by atoms with Gasteiger partial charge in [-0.1, -0.05) is 23.8 Å². The number of carbonyl (C=O) groups excluding carboxylic acids is 1. The van der Waals surface area contributed by atoms with Crippen molar-refractivity contribution >= 4 is 17.4 Å². The van der Waals surface area contributed by atoms with Gasteiger partial charge < -0.3 is 19.3 Å². The van der Waals surface area contributed by atoms with E-state index in [1.165, 1.54) is 31.9 Å². The molecular formula is C25H27N5O5. The molecule has 0 spiro atoms. The van der Waals surface area contributed by atoms with Crippen molar-refractivity contribution in [3.05, 3.63) is 69.3 Å². The molecule has 1 fully saturated rings. The molecule has 0 aliphatic carbocycles. The number of nitro groups is 1. The van der Waals surface area contributed by atoms with Gasteiger partial charge in [0.05, 0.1) is 30.9 Å². The molecule has 10 nitrogen and oxygen atoms in total. The van der Waals surface area contributed by atoms with Gasteiger partial charge in [0.1, 0.15) is 5.56 Å². The molecule has 0 unspecified atom stereocenters. The van der Waals surface area contributed by atoms with Crippen molar-refractivity contribution in [3.63, 3.8) is 0 Å². The van der Waals surface area contributed by atoms with Crippen molar-refractivity contribution in [2.45, 2.75) is 13.8 Å². The Labute approximate surface area is 203 Å². The number of piperazine rings is 1. The predicted molar refractivity (Wildman–Crippen MR) is 131 cm³/mol. The zero-order chi connectivity index (χ0) is 25.1. The molecule has 1 amide bonds. The van der Waals surface area contributed by atoms with Crippen LogP contribution in [0.1, 0.15) is 21.5 Å². The molecule has 2 heterocycles. The van der Waals surface area contributed by atoms with Crippen LogP contribution < -0.4 is 14.4 Å². The molecule has 0 atom stereocenters. The number of hydrogen-bond donors (Lipinski definition) is 0. The molecule has 0 N–H and O–H groups in total. The van der Waals surface area contributed by atoms with Crippen LogP contribution in [0.15, 0.2) is 42.5 Å². The van der Waals surface area contributed by atoms with Gasteiger partial charge >= 0.3 is 0 Å². The lowest BCUT2D eigenvalue weighted by atomic mass is 10.0. The topological polar surface area (TPSA) is 111 Å². The molecular weight excluding hydrogens is 450 g/mol. The molecule has 0 saturated carbocycles. The van der Waals surface area contributed by atoms with Gasteiger partial charge in [-0.15, -0.1) is 10.2 Å². The number of methoxy groups -OCH3 is 2. The number of benzene rings is 2. The van der Waals surface area contributed by atoms with Crippen molar-refractivity contribution in [2.24, 2.45) is 0 Å². The van der Waals surface area contributed by atoms with Crippen LogP contribution in [0, 0.1) is 24.0 Å². The molecule has 1 aromatic heterocycles. The third kappa shape index (κ3) is 4.86. The van der Waals surface area contributed by atoms with Gasteiger partial charge in [-0.05, 0) is 31.5 Å². The summed E-state index contributed by atoms with van der Waals surface area (Å²) in [6, 6.07) is 12.7. The summed E-state index contributed by atoms with van der Waals surface area (Å²) >= 11 is 0. The highest BCUT2D eigenvalue weighted by molar-refractivity contribution is 5.99. The Hall–Kier alpha value is -4.21. The van der Waals surface area contributed by atoms with Crippen LogP contribution in [0.3, 0.4) is 0 Å². The zero-order valence-corrected chi connectivity index (χ0v) is 20.1. The van der Waals surface area contributed by atoms with E-state index in [1.807, 2.05) is 23.1 Å². The highest BCUT2D eigenvalue weighted by Crippen LogP contribution is 2.35. The monoisotopic (exact) mass is 477 g/mol. The first-order chi connectivity index (χ1) is 16.8. The van der Waals surface area contributed by atoms with Crippen LogP contribution in [0.4, 0.5) is 11.5 Å². The summed E-state index contributed by atoms with van der Waals surface area (Å²) in [5.41, 5.74) is 3.84. The Bertz CT molecular complexity index is 1250. The van der Waals surface area contributed by atoms with Gasteiger partial charge in [-0.2, -0.15) is 0 Å². The normalized spacial score (nSPS) is 13.5. The highest BCUT2D eigenvalue weighted by Gasteiger charge is 2.30. The number of aryl methyl sites for hydroxylation is 2. The minimum absolute atomic E-state index is 0.0290. The molecule has 0 radical (unpaired) electrons. The minimum Gasteiger partial charge on any atom is -0.493 e. The standard InChI is InChI=1S/C25H27N5O5/c1-16-5-6-18(17(2)13-16)20-7-8-24(27-26-20)28-9-11-29(12-10-28)25(31)19-14-22(34-3)23(35-4)15-21(19)30(32)33/h5-8,13-15H,9-12H2,1-4H3. The van der Waals surface area contributed by atoms with Crippen molar-refractivity contribution in [2.75, 3.05) is 45.3 Å². The maximum absolute atomic E-state index is 13.2. The maximum Gasteiger partial charge on any atom is 0.286 e. The van der Waals surface area contributed by atoms with Crippen LogP contribution >= 0.6 is 0 Å². The first kappa shape index (κ1) is 23.9. The Morgan fingerprint density at radius 3 is 2.20 bits per heavy atom. The minimum atomic E-state index is -0.585. The van der Waals surface area contributed by atoms with Gasteiger partial charge in [0, 0.05) is 37.8 Å². The van der Waals surface area contributed by atoms with E-state index in [2.05, 4.69) is 36.2 Å². The number of anilines is 1. The maximum atomic E-state index is 13.2. The van der Waals surface area contributed by atoms with Gasteiger partial charge in [0.15, 0.2) is 17.3 Å². The van der Waals surface area contributed by atoms with E-state index in [4.69, 9.17) is 9.47 Å². The fourth-order valence-corrected chi connectivity index (χ4v) is 4.24. The number of nitrogens with zero attached hydrogens (tertiary/aromatic N) is 5. The Morgan fingerprint density at radius 2 is 1.63 bits per heavy atom. The lowest BCUT2D eigenvalue weighted by Crippen LogP contribution is -2.49. The SMILES string of the molecule is COc1cc(C(=O)N2CCN(c3ccc(-c4ccc(C)cc4C)nn3)CC2)c([N+](=O)[O-])cc1OC. The summed E-state index contributed by atoms with van der Waals surface area (Å²) in [5, 5.41) is 20.4. The van der Waals surface area contributed by atoms with E-state index in [-0.39, 0.29) is 22.7 Å². The zero-order valence-electron chi connectivity index (χ0n) is 20.1. The van der Waals surface area contributed by atoms with Gasteiger partial charge in [0.2, 0.25) is 0 Å². The van der Waals surface area contributed by atoms with Crippen molar-refractivity contribution in [1.29, 1.82) is 0 Å². The summed E-state index contributed by atoms with van der Waals surface area (Å²) in [6.07, 6.45) is 0. The average molecular weight is 478 g/mol. The number of carbonyl (C=O) groups is 1. The number of nitro benzene ring substituents is 1. The fraction of sp³-hybridized carbons (Fsp3) is 0.320. The Balaban J connectivity index is 1.47. The third-order valence-corrected chi connectivity index (χ3v) is 6.13. The van der Waals surface area contributed by atoms with E-state index >= 15 is 0 Å². The second kappa shape index (κ2) is 9.96. The Kier molecular flexibility index (Phi) is 6.81. The van der Waals surface area contributed by atoms with E-state index in [0.717, 1.165) is 22.6 Å². The van der Waals surface area contributed by atoms with Gasteiger partial charge in [0.25, 0.3) is 11.6 Å². The van der Waals surface area contributed by atoms with E-state index in [0.29, 0.717) is 26.2 Å². The summed E-state index contributed by atoms with van der Waals surface area (Å²) in [5.74, 6) is 0.763. The summed E-state index contributed by atoms with van der Waals surface area (Å²) in [6.45, 7) is 5.96. The molecule has 10 heteroatoms. The average Bonchev–Trinajstić information content (AvgIpc) is 2.87. The lowest BCUT2D eigenvalue weighted by Gasteiger charge is -2.35. The summed E-state index contributed by atoms with van der Waals surface area (Å²) in [4.78, 5) is 27.8. The number of aromatic nitrogens is 2. The van der Waals surface area contributed by atoms with Crippen molar-refractivity contribution in [1.82, 2.24) is 15.1 Å². The quantitative estimate of drug-likeness (QED) is 0.391. The van der Waals surface area contributed by atoms with Crippen LogP contribution in [0.2, 0.25) is 0 Å². The first-order valence-electron chi connectivity index (χ1n) is 11.2. The second-order valence-electron chi connectivity index (χ2n) is 8.36. The number of rotatable bonds is 6. The number of amides is 1. The molecule has 2 aromatic carbocycles. The van der Waals surface area contributed by atoms with E-state index in [9.17, 15) is 14.9 Å². The molecule has 1 saturated heterocycles. The third-order valence-electron chi connectivity index (χ3n) is 6.13. The predicted octanol–water partition coefficient (Wildman–Crippen LogP) is 3.65. The van der Waals surface area contributed by atoms with Crippen LogP contribution in [-0.4, -0.2) is 66.3 Å². The first-order valence-corrected chi connectivity index (χ1v) is 11.2. The fourth-order valence-electron chi connectivity index (χ4n) is 4.24. The summed E-state index contributed by atoms with van der Waals surface area (Å²) < 4.78 is 10.4. The largest absolute Gasteiger partial charge is 0.493 e. The van der Waals surface area contributed by atoms with Gasteiger partial charge in [-0.3, -0.25) is 14.9 Å². The molecule has 1 aliphatic heterocycles. The van der Waals surface area contributed by atoms with E-state index < -0.39 is 10.8 Å². The molecule has 182 valence electrons. The number of ether oxygens (including phenoxy) is 2. The second-order valence-corrected chi connectivity index (χ2v) is 8.36. The van der Waals surface area contributed by atoms with Crippen LogP contribution in [-0.2, 0) is 0 Å². The van der Waals surface area contributed by atoms with E-state index in [1.54, 1.807) is 4.90 Å². The van der Waals surface area contributed by atoms with Crippen molar-refractivity contribution < 1.29 is 19.2 Å². The molecule has 35 heavy (non-hydrogen) atoms. The molecule has 4 rings (SSSR count). The van der Waals surface area contributed by atoms with Crippen LogP contribution in [0.25, 0.3) is 11.3 Å². The molecule has 0 bridgehead atoms. The number of hydrogen-bond acceptors (Lipinski definition) is 8. The van der Waals surface area contributed by atoms with Gasteiger partial charge in [-0.25, -0.2) is 0 Å². The van der Waals surface area contributed by atoms with Crippen molar-refractivity contribution in [3.8, 4) is 22.8 Å². The molecule has 3 aromatic rings.